The lowest BCUT2D eigenvalue weighted by Gasteiger charge is -2.09. The fraction of sp³-hybridized carbons (Fsp3) is 0.308. The summed E-state index contributed by atoms with van der Waals surface area (Å²) in [6, 6.07) is 7.51. The largest absolute Gasteiger partial charge is 0.492 e. The third-order valence-electron chi connectivity index (χ3n) is 2.93. The number of hydrogen-bond donors (Lipinski definition) is 1. The van der Waals surface area contributed by atoms with Crippen LogP contribution in [0.3, 0.4) is 0 Å². The molecule has 5 heteroatoms. The van der Waals surface area contributed by atoms with Gasteiger partial charge in [0.15, 0.2) is 11.6 Å². The predicted molar refractivity (Wildman–Crippen MR) is 72.3 cm³/mol. The molecule has 2 N–H and O–H groups in total. The molecule has 1 heterocycles. The minimum absolute atomic E-state index is 0.376. The topological polar surface area (TPSA) is 61.3 Å². The van der Waals surface area contributed by atoms with E-state index < -0.39 is 0 Å². The Labute approximate surface area is 113 Å². The third-order valence-corrected chi connectivity index (χ3v) is 3.75. The van der Waals surface area contributed by atoms with Crippen LogP contribution in [-0.4, -0.2) is 11.8 Å². The van der Waals surface area contributed by atoms with E-state index in [9.17, 15) is 0 Å². The van der Waals surface area contributed by atoms with Crippen LogP contribution in [0.2, 0.25) is 0 Å². The summed E-state index contributed by atoms with van der Waals surface area (Å²) in [5, 5.41) is 3.69. The van der Waals surface area contributed by atoms with Crippen LogP contribution in [0, 0.1) is 5.92 Å². The van der Waals surface area contributed by atoms with Gasteiger partial charge in [0.1, 0.15) is 5.75 Å². The first-order valence-corrected chi connectivity index (χ1v) is 6.67. The van der Waals surface area contributed by atoms with Gasteiger partial charge in [-0.1, -0.05) is 11.2 Å². The molecule has 0 aliphatic heterocycles. The number of anilines is 1. The van der Waals surface area contributed by atoms with Crippen LogP contribution in [-0.2, 0) is 0 Å². The van der Waals surface area contributed by atoms with E-state index in [1.54, 1.807) is 6.07 Å². The Hall–Kier alpha value is -1.49. The SMILES string of the molecule is Nc1cc(-c2cccc(OCC3CC3)c2Br)on1. The van der Waals surface area contributed by atoms with Crippen LogP contribution in [0.5, 0.6) is 5.75 Å². The van der Waals surface area contributed by atoms with Crippen LogP contribution >= 0.6 is 15.9 Å². The molecule has 4 nitrogen and oxygen atoms in total. The highest BCUT2D eigenvalue weighted by Crippen LogP contribution is 2.37. The molecule has 1 aromatic heterocycles. The van der Waals surface area contributed by atoms with Gasteiger partial charge < -0.3 is 15.0 Å². The van der Waals surface area contributed by atoms with E-state index in [-0.39, 0.29) is 0 Å². The molecule has 3 rings (SSSR count). The van der Waals surface area contributed by atoms with Crippen molar-refractivity contribution < 1.29 is 9.26 Å². The van der Waals surface area contributed by atoms with Crippen molar-refractivity contribution in [3.63, 3.8) is 0 Å². The molecule has 2 aromatic rings. The molecule has 0 saturated heterocycles. The molecule has 0 amide bonds. The normalized spacial score (nSPS) is 14.7. The second kappa shape index (κ2) is 4.65. The predicted octanol–water partition coefficient (Wildman–Crippen LogP) is 3.48. The number of nitrogens with two attached hydrogens (primary N) is 1. The van der Waals surface area contributed by atoms with Crippen molar-refractivity contribution in [1.82, 2.24) is 5.16 Å². The van der Waals surface area contributed by atoms with Gasteiger partial charge in [0.25, 0.3) is 0 Å². The van der Waals surface area contributed by atoms with E-state index in [0.717, 1.165) is 28.3 Å². The summed E-state index contributed by atoms with van der Waals surface area (Å²) in [4.78, 5) is 0. The number of halogens is 1. The van der Waals surface area contributed by atoms with Crippen LogP contribution < -0.4 is 10.5 Å². The van der Waals surface area contributed by atoms with Gasteiger partial charge in [-0.2, -0.15) is 0 Å². The first-order valence-electron chi connectivity index (χ1n) is 5.88. The number of ether oxygens (including phenoxy) is 1. The molecule has 0 spiro atoms. The summed E-state index contributed by atoms with van der Waals surface area (Å²) in [6.45, 7) is 0.778. The maximum atomic E-state index is 5.79. The number of benzene rings is 1. The third kappa shape index (κ3) is 2.36. The number of nitrogen functional groups attached to an aromatic ring is 1. The average Bonchev–Trinajstić information content (AvgIpc) is 3.09. The molecule has 0 bridgehead atoms. The lowest BCUT2D eigenvalue weighted by Crippen LogP contribution is -1.99. The highest BCUT2D eigenvalue weighted by Gasteiger charge is 2.22. The van der Waals surface area contributed by atoms with E-state index in [2.05, 4.69) is 21.1 Å². The summed E-state index contributed by atoms with van der Waals surface area (Å²) < 4.78 is 11.8. The molecular formula is C13H13BrN2O2. The summed E-state index contributed by atoms with van der Waals surface area (Å²) in [5.74, 6) is 2.56. The molecule has 94 valence electrons. The van der Waals surface area contributed by atoms with Crippen molar-refractivity contribution >= 4 is 21.7 Å². The van der Waals surface area contributed by atoms with Crippen molar-refractivity contribution in [2.75, 3.05) is 12.3 Å². The summed E-state index contributed by atoms with van der Waals surface area (Å²) in [5.41, 5.74) is 6.46. The van der Waals surface area contributed by atoms with Gasteiger partial charge >= 0.3 is 0 Å². The Kier molecular flexibility index (Phi) is 2.99. The monoisotopic (exact) mass is 308 g/mol. The quantitative estimate of drug-likeness (QED) is 0.939. The summed E-state index contributed by atoms with van der Waals surface area (Å²) in [6.07, 6.45) is 2.55. The maximum absolute atomic E-state index is 5.79. The van der Waals surface area contributed by atoms with E-state index in [1.165, 1.54) is 12.8 Å². The smallest absolute Gasteiger partial charge is 0.170 e. The zero-order valence-corrected chi connectivity index (χ0v) is 11.3. The minimum atomic E-state index is 0.376. The minimum Gasteiger partial charge on any atom is -0.492 e. The number of hydrogen-bond acceptors (Lipinski definition) is 4. The average molecular weight is 309 g/mol. The van der Waals surface area contributed by atoms with Gasteiger partial charge in [-0.15, -0.1) is 0 Å². The Bertz CT molecular complexity index is 564. The number of nitrogens with zero attached hydrogens (tertiary/aromatic N) is 1. The molecule has 1 saturated carbocycles. The van der Waals surface area contributed by atoms with Crippen LogP contribution in [0.1, 0.15) is 12.8 Å². The Morgan fingerprint density at radius 1 is 1.44 bits per heavy atom. The molecule has 0 radical (unpaired) electrons. The first-order chi connectivity index (χ1) is 8.74. The van der Waals surface area contributed by atoms with E-state index in [4.69, 9.17) is 15.0 Å². The van der Waals surface area contributed by atoms with Crippen molar-refractivity contribution in [3.8, 4) is 17.1 Å². The lowest BCUT2D eigenvalue weighted by atomic mass is 10.1. The van der Waals surface area contributed by atoms with Gasteiger partial charge in [-0.25, -0.2) is 0 Å². The van der Waals surface area contributed by atoms with E-state index in [0.29, 0.717) is 11.6 Å². The highest BCUT2D eigenvalue weighted by atomic mass is 79.9. The molecule has 1 fully saturated rings. The van der Waals surface area contributed by atoms with E-state index in [1.807, 2.05) is 18.2 Å². The Morgan fingerprint density at radius 3 is 2.94 bits per heavy atom. The number of rotatable bonds is 4. The number of aromatic nitrogens is 1. The van der Waals surface area contributed by atoms with Crippen molar-refractivity contribution in [3.05, 3.63) is 28.7 Å². The fourth-order valence-electron chi connectivity index (χ4n) is 1.72. The molecule has 1 aliphatic carbocycles. The van der Waals surface area contributed by atoms with Crippen molar-refractivity contribution in [1.29, 1.82) is 0 Å². The van der Waals surface area contributed by atoms with Gasteiger partial charge in [0, 0.05) is 11.6 Å². The summed E-state index contributed by atoms with van der Waals surface area (Å²) >= 11 is 3.54. The van der Waals surface area contributed by atoms with E-state index >= 15 is 0 Å². The standard InChI is InChI=1S/C13H13BrN2O2/c14-13-9(11-6-12(15)16-18-11)2-1-3-10(13)17-7-8-4-5-8/h1-3,6,8H,4-5,7H2,(H2,15,16). The molecular weight excluding hydrogens is 296 g/mol. The molecule has 18 heavy (non-hydrogen) atoms. The second-order valence-corrected chi connectivity index (χ2v) is 5.28. The van der Waals surface area contributed by atoms with Crippen LogP contribution in [0.25, 0.3) is 11.3 Å². The summed E-state index contributed by atoms with van der Waals surface area (Å²) in [7, 11) is 0. The van der Waals surface area contributed by atoms with Gasteiger partial charge in [0.2, 0.25) is 0 Å². The fourth-order valence-corrected chi connectivity index (χ4v) is 2.29. The van der Waals surface area contributed by atoms with Gasteiger partial charge in [-0.05, 0) is 46.8 Å². The molecule has 1 aromatic carbocycles. The Balaban J connectivity index is 1.87. The van der Waals surface area contributed by atoms with Gasteiger partial charge in [0.05, 0.1) is 11.1 Å². The zero-order valence-electron chi connectivity index (χ0n) is 9.73. The molecule has 0 atom stereocenters. The molecule has 0 unspecified atom stereocenters. The molecule has 1 aliphatic rings. The maximum Gasteiger partial charge on any atom is 0.170 e. The first kappa shape index (κ1) is 11.6. The Morgan fingerprint density at radius 2 is 2.28 bits per heavy atom. The van der Waals surface area contributed by atoms with Gasteiger partial charge in [-0.3, -0.25) is 0 Å². The second-order valence-electron chi connectivity index (χ2n) is 4.49. The van der Waals surface area contributed by atoms with Crippen molar-refractivity contribution in [2.45, 2.75) is 12.8 Å². The lowest BCUT2D eigenvalue weighted by molar-refractivity contribution is 0.298. The van der Waals surface area contributed by atoms with Crippen LogP contribution in [0.15, 0.2) is 33.3 Å². The highest BCUT2D eigenvalue weighted by molar-refractivity contribution is 9.10. The zero-order chi connectivity index (χ0) is 12.5. The van der Waals surface area contributed by atoms with Crippen LogP contribution in [0.4, 0.5) is 5.82 Å². The van der Waals surface area contributed by atoms with Crippen molar-refractivity contribution in [2.24, 2.45) is 5.92 Å².